The van der Waals surface area contributed by atoms with Gasteiger partial charge in [-0.25, -0.2) is 0 Å². The molecular weight excluding hydrogens is 224 g/mol. The average molecular weight is 243 g/mol. The van der Waals surface area contributed by atoms with Gasteiger partial charge in [-0.1, -0.05) is 25.4 Å². The lowest BCUT2D eigenvalue weighted by molar-refractivity contribution is 0.282. The van der Waals surface area contributed by atoms with Crippen LogP contribution in [0.15, 0.2) is 0 Å². The van der Waals surface area contributed by atoms with Crippen LogP contribution in [0.1, 0.15) is 37.8 Å². The maximum Gasteiger partial charge on any atom is 0.236 e. The van der Waals surface area contributed by atoms with E-state index in [1.165, 1.54) is 6.42 Å². The van der Waals surface area contributed by atoms with Crippen molar-refractivity contribution in [3.63, 3.8) is 0 Å². The van der Waals surface area contributed by atoms with E-state index in [1.807, 2.05) is 13.8 Å². The number of ether oxygens (including phenoxy) is 1. The van der Waals surface area contributed by atoms with Crippen molar-refractivity contribution in [1.29, 1.82) is 0 Å². The molecule has 0 aromatic carbocycles. The maximum absolute atomic E-state index is 5.86. The van der Waals surface area contributed by atoms with E-state index in [4.69, 9.17) is 16.3 Å². The molecule has 1 heterocycles. The predicted octanol–water partition coefficient (Wildman–Crippen LogP) is 3.56. The first-order valence-corrected chi connectivity index (χ1v) is 6.02. The van der Waals surface area contributed by atoms with Crippen LogP contribution < -0.4 is 4.74 Å². The molecule has 3 nitrogen and oxygen atoms in total. The molecule has 0 spiro atoms. The van der Waals surface area contributed by atoms with Crippen LogP contribution in [0.25, 0.3) is 0 Å². The Bertz CT molecular complexity index is 353. The summed E-state index contributed by atoms with van der Waals surface area (Å²) in [5.41, 5.74) is 1.92. The number of hydrogen-bond acceptors (Lipinski definition) is 3. The first-order valence-electron chi connectivity index (χ1n) is 5.64. The second kappa shape index (κ2) is 6.04. The van der Waals surface area contributed by atoms with E-state index in [2.05, 4.69) is 24.0 Å². The molecule has 0 aliphatic rings. The van der Waals surface area contributed by atoms with Crippen molar-refractivity contribution in [3.8, 4) is 5.88 Å². The van der Waals surface area contributed by atoms with Gasteiger partial charge in [0.2, 0.25) is 5.88 Å². The molecule has 0 fully saturated rings. The Morgan fingerprint density at radius 2 is 1.88 bits per heavy atom. The van der Waals surface area contributed by atoms with Crippen LogP contribution in [0, 0.1) is 19.8 Å². The molecular formula is C12H19ClN2O. The third kappa shape index (κ3) is 3.63. The van der Waals surface area contributed by atoms with Crippen LogP contribution in [-0.4, -0.2) is 16.8 Å². The van der Waals surface area contributed by atoms with Gasteiger partial charge in [0, 0.05) is 5.56 Å². The second-order valence-electron chi connectivity index (χ2n) is 4.43. The minimum Gasteiger partial charge on any atom is -0.476 e. The highest BCUT2D eigenvalue weighted by atomic mass is 35.5. The minimum absolute atomic E-state index is 0.451. The van der Waals surface area contributed by atoms with Crippen molar-refractivity contribution in [2.45, 2.75) is 40.5 Å². The van der Waals surface area contributed by atoms with Crippen LogP contribution in [0.5, 0.6) is 5.88 Å². The number of nitrogens with zero attached hydrogens (tertiary/aromatic N) is 2. The monoisotopic (exact) mass is 242 g/mol. The Balaban J connectivity index is 2.52. The zero-order chi connectivity index (χ0) is 12.1. The quantitative estimate of drug-likeness (QED) is 0.741. The molecule has 1 aromatic rings. The Morgan fingerprint density at radius 3 is 2.50 bits per heavy atom. The summed E-state index contributed by atoms with van der Waals surface area (Å²) in [6.07, 6.45) is 2.21. The van der Waals surface area contributed by atoms with E-state index < -0.39 is 0 Å². The topological polar surface area (TPSA) is 35.0 Å². The highest BCUT2D eigenvalue weighted by molar-refractivity contribution is 6.30. The van der Waals surface area contributed by atoms with Crippen molar-refractivity contribution in [2.75, 3.05) is 6.61 Å². The highest BCUT2D eigenvalue weighted by Gasteiger charge is 2.08. The summed E-state index contributed by atoms with van der Waals surface area (Å²) in [5.74, 6) is 1.31. The molecule has 0 saturated heterocycles. The van der Waals surface area contributed by atoms with E-state index in [-0.39, 0.29) is 0 Å². The fraction of sp³-hybridized carbons (Fsp3) is 0.667. The largest absolute Gasteiger partial charge is 0.476 e. The number of halogens is 1. The molecule has 1 rings (SSSR count). The zero-order valence-corrected chi connectivity index (χ0v) is 11.1. The van der Waals surface area contributed by atoms with Gasteiger partial charge in [0.05, 0.1) is 6.61 Å². The van der Waals surface area contributed by atoms with Crippen LogP contribution in [0.3, 0.4) is 0 Å². The van der Waals surface area contributed by atoms with Gasteiger partial charge in [0.25, 0.3) is 0 Å². The lowest BCUT2D eigenvalue weighted by atomic mass is 10.1. The Kier molecular flexibility index (Phi) is 5.00. The molecule has 4 heteroatoms. The molecule has 0 N–H and O–H groups in total. The van der Waals surface area contributed by atoms with E-state index in [0.29, 0.717) is 23.6 Å². The smallest absolute Gasteiger partial charge is 0.236 e. The number of hydrogen-bond donors (Lipinski definition) is 0. The van der Waals surface area contributed by atoms with Gasteiger partial charge in [-0.05, 0) is 38.2 Å². The SMILES string of the molecule is Cc1c(Cl)nnc(OCCCC(C)C)c1C. The van der Waals surface area contributed by atoms with Crippen LogP contribution in [0.2, 0.25) is 5.15 Å². The van der Waals surface area contributed by atoms with E-state index in [0.717, 1.165) is 17.5 Å². The minimum atomic E-state index is 0.451. The summed E-state index contributed by atoms with van der Waals surface area (Å²) >= 11 is 5.86. The fourth-order valence-electron chi connectivity index (χ4n) is 1.35. The highest BCUT2D eigenvalue weighted by Crippen LogP contribution is 2.22. The summed E-state index contributed by atoms with van der Waals surface area (Å²) in [4.78, 5) is 0. The first kappa shape index (κ1) is 13.2. The van der Waals surface area contributed by atoms with Gasteiger partial charge in [0.15, 0.2) is 5.15 Å². The molecule has 0 aliphatic heterocycles. The van der Waals surface area contributed by atoms with Crippen molar-refractivity contribution < 1.29 is 4.74 Å². The van der Waals surface area contributed by atoms with Gasteiger partial charge >= 0.3 is 0 Å². The molecule has 16 heavy (non-hydrogen) atoms. The van der Waals surface area contributed by atoms with Gasteiger partial charge < -0.3 is 4.74 Å². The third-order valence-electron chi connectivity index (χ3n) is 2.59. The van der Waals surface area contributed by atoms with E-state index in [1.54, 1.807) is 0 Å². The van der Waals surface area contributed by atoms with Gasteiger partial charge in [0.1, 0.15) is 0 Å². The maximum atomic E-state index is 5.86. The van der Waals surface area contributed by atoms with Gasteiger partial charge in [-0.3, -0.25) is 0 Å². The lowest BCUT2D eigenvalue weighted by Crippen LogP contribution is -2.04. The lowest BCUT2D eigenvalue weighted by Gasteiger charge is -2.10. The molecule has 1 aromatic heterocycles. The summed E-state index contributed by atoms with van der Waals surface area (Å²) in [6.45, 7) is 8.98. The Morgan fingerprint density at radius 1 is 1.19 bits per heavy atom. The van der Waals surface area contributed by atoms with E-state index in [9.17, 15) is 0 Å². The molecule has 90 valence electrons. The average Bonchev–Trinajstić information content (AvgIpc) is 2.23. The van der Waals surface area contributed by atoms with Crippen molar-refractivity contribution in [3.05, 3.63) is 16.3 Å². The molecule has 0 saturated carbocycles. The summed E-state index contributed by atoms with van der Waals surface area (Å²) in [7, 11) is 0. The zero-order valence-electron chi connectivity index (χ0n) is 10.4. The van der Waals surface area contributed by atoms with Crippen molar-refractivity contribution in [1.82, 2.24) is 10.2 Å². The molecule has 0 atom stereocenters. The fourth-order valence-corrected chi connectivity index (χ4v) is 1.53. The van der Waals surface area contributed by atoms with Gasteiger partial charge in [-0.15, -0.1) is 10.2 Å². The summed E-state index contributed by atoms with van der Waals surface area (Å²) in [6, 6.07) is 0. The van der Waals surface area contributed by atoms with Crippen molar-refractivity contribution in [2.24, 2.45) is 5.92 Å². The van der Waals surface area contributed by atoms with Crippen LogP contribution in [-0.2, 0) is 0 Å². The number of aromatic nitrogens is 2. The van der Waals surface area contributed by atoms with E-state index >= 15 is 0 Å². The Hall–Kier alpha value is -0.830. The number of rotatable bonds is 5. The second-order valence-corrected chi connectivity index (χ2v) is 4.79. The summed E-state index contributed by atoms with van der Waals surface area (Å²) < 4.78 is 5.59. The van der Waals surface area contributed by atoms with Crippen LogP contribution >= 0.6 is 11.6 Å². The normalized spacial score (nSPS) is 10.9. The summed E-state index contributed by atoms with van der Waals surface area (Å²) in [5, 5.41) is 8.25. The Labute approximate surface area is 102 Å². The standard InChI is InChI=1S/C12H19ClN2O/c1-8(2)6-5-7-16-12-10(4)9(3)11(13)14-15-12/h8H,5-7H2,1-4H3. The molecule has 0 amide bonds. The van der Waals surface area contributed by atoms with Crippen molar-refractivity contribution >= 4 is 11.6 Å². The molecule has 0 aliphatic carbocycles. The third-order valence-corrected chi connectivity index (χ3v) is 2.95. The molecule has 0 radical (unpaired) electrons. The molecule has 0 unspecified atom stereocenters. The predicted molar refractivity (Wildman–Crippen MR) is 66.1 cm³/mol. The van der Waals surface area contributed by atoms with Gasteiger partial charge in [-0.2, -0.15) is 0 Å². The van der Waals surface area contributed by atoms with Crippen LogP contribution in [0.4, 0.5) is 0 Å². The molecule has 0 bridgehead atoms. The first-order chi connectivity index (χ1) is 7.52.